The molecule has 4 aromatic rings. The fourth-order valence-corrected chi connectivity index (χ4v) is 3.87. The van der Waals surface area contributed by atoms with E-state index in [0.29, 0.717) is 16.3 Å². The molecule has 2 amide bonds. The SMILES string of the molecule is O=C(CNC(=O)c1ccc(Cl)cc1)Nc1ccc(-c2csc(-c3ccccc3)n2)cc1. The maximum atomic E-state index is 12.2. The highest BCUT2D eigenvalue weighted by molar-refractivity contribution is 7.13. The Bertz CT molecular complexity index is 1190. The van der Waals surface area contributed by atoms with Crippen LogP contribution in [0.4, 0.5) is 5.69 Å². The maximum absolute atomic E-state index is 12.2. The minimum Gasteiger partial charge on any atom is -0.343 e. The molecule has 5 nitrogen and oxygen atoms in total. The lowest BCUT2D eigenvalue weighted by Gasteiger charge is -2.08. The van der Waals surface area contributed by atoms with Crippen molar-refractivity contribution in [1.82, 2.24) is 10.3 Å². The van der Waals surface area contributed by atoms with E-state index in [1.807, 2.05) is 60.0 Å². The summed E-state index contributed by atoms with van der Waals surface area (Å²) in [7, 11) is 0. The molecule has 154 valence electrons. The standard InChI is InChI=1S/C24H18ClN3O2S/c25-19-10-6-17(7-11-19)23(30)26-14-22(29)27-20-12-8-16(9-13-20)21-15-31-24(28-21)18-4-2-1-3-5-18/h1-13,15H,14H2,(H,26,30)(H,27,29). The first-order valence-electron chi connectivity index (χ1n) is 9.53. The summed E-state index contributed by atoms with van der Waals surface area (Å²) in [6.45, 7) is -0.129. The number of aromatic nitrogens is 1. The second-order valence-corrected chi connectivity index (χ2v) is 8.01. The zero-order chi connectivity index (χ0) is 21.6. The molecule has 7 heteroatoms. The summed E-state index contributed by atoms with van der Waals surface area (Å²) in [6, 6.07) is 24.0. The second-order valence-electron chi connectivity index (χ2n) is 6.72. The van der Waals surface area contributed by atoms with Crippen LogP contribution in [0.25, 0.3) is 21.8 Å². The third kappa shape index (κ3) is 5.36. The Morgan fingerprint density at radius 3 is 2.29 bits per heavy atom. The van der Waals surface area contributed by atoms with E-state index >= 15 is 0 Å². The third-order valence-corrected chi connectivity index (χ3v) is 5.65. The van der Waals surface area contributed by atoms with Gasteiger partial charge in [0.15, 0.2) is 0 Å². The number of carbonyl (C=O) groups excluding carboxylic acids is 2. The summed E-state index contributed by atoms with van der Waals surface area (Å²) < 4.78 is 0. The summed E-state index contributed by atoms with van der Waals surface area (Å²) in [4.78, 5) is 28.9. The summed E-state index contributed by atoms with van der Waals surface area (Å²) in [6.07, 6.45) is 0. The topological polar surface area (TPSA) is 71.1 Å². The predicted octanol–water partition coefficient (Wildman–Crippen LogP) is 5.50. The molecule has 1 heterocycles. The molecule has 0 atom stereocenters. The van der Waals surface area contributed by atoms with Gasteiger partial charge in [-0.05, 0) is 36.4 Å². The van der Waals surface area contributed by atoms with E-state index in [1.54, 1.807) is 35.6 Å². The van der Waals surface area contributed by atoms with E-state index in [-0.39, 0.29) is 18.4 Å². The van der Waals surface area contributed by atoms with Crippen LogP contribution in [-0.2, 0) is 4.79 Å². The van der Waals surface area contributed by atoms with Crippen LogP contribution in [0.2, 0.25) is 5.02 Å². The van der Waals surface area contributed by atoms with Gasteiger partial charge < -0.3 is 10.6 Å². The van der Waals surface area contributed by atoms with E-state index in [1.165, 1.54) is 0 Å². The molecule has 2 N–H and O–H groups in total. The normalized spacial score (nSPS) is 10.5. The number of amides is 2. The van der Waals surface area contributed by atoms with Crippen molar-refractivity contribution in [2.24, 2.45) is 0 Å². The van der Waals surface area contributed by atoms with Crippen molar-refractivity contribution in [1.29, 1.82) is 0 Å². The molecular weight excluding hydrogens is 430 g/mol. The van der Waals surface area contributed by atoms with Gasteiger partial charge in [-0.2, -0.15) is 0 Å². The summed E-state index contributed by atoms with van der Waals surface area (Å²) in [5.41, 5.74) is 4.03. The molecule has 0 aliphatic rings. The summed E-state index contributed by atoms with van der Waals surface area (Å²) in [5, 5.41) is 8.89. The van der Waals surface area contributed by atoms with Gasteiger partial charge in [0.2, 0.25) is 5.91 Å². The Hall–Kier alpha value is -3.48. The largest absolute Gasteiger partial charge is 0.343 e. The van der Waals surface area contributed by atoms with Crippen molar-refractivity contribution in [3.05, 3.63) is 94.8 Å². The number of carbonyl (C=O) groups is 2. The number of benzene rings is 3. The number of halogens is 1. The molecule has 0 spiro atoms. The van der Waals surface area contributed by atoms with E-state index in [0.717, 1.165) is 21.8 Å². The minimum atomic E-state index is -0.333. The zero-order valence-electron chi connectivity index (χ0n) is 16.3. The van der Waals surface area contributed by atoms with Gasteiger partial charge in [-0.15, -0.1) is 11.3 Å². The van der Waals surface area contributed by atoms with Gasteiger partial charge in [0.1, 0.15) is 5.01 Å². The molecule has 0 aliphatic carbocycles. The fourth-order valence-electron chi connectivity index (χ4n) is 2.91. The maximum Gasteiger partial charge on any atom is 0.251 e. The summed E-state index contributed by atoms with van der Waals surface area (Å²) in [5.74, 6) is -0.644. The van der Waals surface area contributed by atoms with Crippen molar-refractivity contribution >= 4 is 40.4 Å². The Kier molecular flexibility index (Phi) is 6.40. The van der Waals surface area contributed by atoms with Crippen molar-refractivity contribution in [3.8, 4) is 21.8 Å². The summed E-state index contributed by atoms with van der Waals surface area (Å²) >= 11 is 7.41. The number of anilines is 1. The average molecular weight is 448 g/mol. The van der Waals surface area contributed by atoms with Gasteiger partial charge in [-0.3, -0.25) is 9.59 Å². The first-order valence-corrected chi connectivity index (χ1v) is 10.8. The van der Waals surface area contributed by atoms with E-state index in [9.17, 15) is 9.59 Å². The van der Waals surface area contributed by atoms with Crippen LogP contribution in [-0.4, -0.2) is 23.3 Å². The molecule has 0 aliphatic heterocycles. The quantitative estimate of drug-likeness (QED) is 0.410. The van der Waals surface area contributed by atoms with Gasteiger partial charge in [-0.1, -0.05) is 54.1 Å². The van der Waals surface area contributed by atoms with Crippen molar-refractivity contribution in [2.75, 3.05) is 11.9 Å². The number of hydrogen-bond acceptors (Lipinski definition) is 4. The molecule has 0 saturated heterocycles. The molecule has 4 rings (SSSR count). The predicted molar refractivity (Wildman–Crippen MR) is 125 cm³/mol. The van der Waals surface area contributed by atoms with Gasteiger partial charge in [0.05, 0.1) is 12.2 Å². The van der Waals surface area contributed by atoms with E-state index < -0.39 is 0 Å². The lowest BCUT2D eigenvalue weighted by Crippen LogP contribution is -2.32. The van der Waals surface area contributed by atoms with Crippen molar-refractivity contribution in [3.63, 3.8) is 0 Å². The van der Waals surface area contributed by atoms with Crippen LogP contribution >= 0.6 is 22.9 Å². The van der Waals surface area contributed by atoms with Gasteiger partial charge in [0, 0.05) is 32.8 Å². The number of nitrogens with zero attached hydrogens (tertiary/aromatic N) is 1. The van der Waals surface area contributed by atoms with Gasteiger partial charge in [-0.25, -0.2) is 4.98 Å². The third-order valence-electron chi connectivity index (χ3n) is 4.51. The monoisotopic (exact) mass is 447 g/mol. The molecule has 0 fully saturated rings. The smallest absolute Gasteiger partial charge is 0.251 e. The number of nitrogens with one attached hydrogen (secondary N) is 2. The van der Waals surface area contributed by atoms with E-state index in [2.05, 4.69) is 10.6 Å². The molecule has 0 radical (unpaired) electrons. The molecule has 0 saturated carbocycles. The number of rotatable bonds is 6. The number of thiazole rings is 1. The zero-order valence-corrected chi connectivity index (χ0v) is 17.9. The Morgan fingerprint density at radius 2 is 1.58 bits per heavy atom. The Labute approximate surface area is 188 Å². The highest BCUT2D eigenvalue weighted by atomic mass is 35.5. The van der Waals surface area contributed by atoms with Crippen LogP contribution in [0.1, 0.15) is 10.4 Å². The van der Waals surface area contributed by atoms with Crippen molar-refractivity contribution < 1.29 is 9.59 Å². The molecule has 1 aromatic heterocycles. The van der Waals surface area contributed by atoms with Gasteiger partial charge in [0.25, 0.3) is 5.91 Å². The fraction of sp³-hybridized carbons (Fsp3) is 0.0417. The van der Waals surface area contributed by atoms with Crippen LogP contribution in [0, 0.1) is 0 Å². The van der Waals surface area contributed by atoms with Crippen LogP contribution in [0.5, 0.6) is 0 Å². The molecular formula is C24H18ClN3O2S. The second kappa shape index (κ2) is 9.55. The Balaban J connectivity index is 1.33. The van der Waals surface area contributed by atoms with E-state index in [4.69, 9.17) is 16.6 Å². The van der Waals surface area contributed by atoms with Crippen LogP contribution < -0.4 is 10.6 Å². The molecule has 0 unspecified atom stereocenters. The van der Waals surface area contributed by atoms with Crippen LogP contribution in [0.15, 0.2) is 84.2 Å². The molecule has 3 aromatic carbocycles. The first-order chi connectivity index (χ1) is 15.1. The highest BCUT2D eigenvalue weighted by Gasteiger charge is 2.10. The Morgan fingerprint density at radius 1 is 0.871 bits per heavy atom. The highest BCUT2D eigenvalue weighted by Crippen LogP contribution is 2.29. The number of hydrogen-bond donors (Lipinski definition) is 2. The molecule has 0 bridgehead atoms. The van der Waals surface area contributed by atoms with Gasteiger partial charge >= 0.3 is 0 Å². The van der Waals surface area contributed by atoms with Crippen LogP contribution in [0.3, 0.4) is 0 Å². The molecule has 31 heavy (non-hydrogen) atoms. The average Bonchev–Trinajstić information content (AvgIpc) is 3.29. The first kappa shape index (κ1) is 20.8. The lowest BCUT2D eigenvalue weighted by molar-refractivity contribution is -0.115. The lowest BCUT2D eigenvalue weighted by atomic mass is 10.1. The van der Waals surface area contributed by atoms with Crippen molar-refractivity contribution in [2.45, 2.75) is 0 Å². The minimum absolute atomic E-state index is 0.129.